The summed E-state index contributed by atoms with van der Waals surface area (Å²) in [5, 5.41) is 33.3. The lowest BCUT2D eigenvalue weighted by Gasteiger charge is -2.26. The van der Waals surface area contributed by atoms with Gasteiger partial charge in [0.05, 0.1) is 12.6 Å². The lowest BCUT2D eigenvalue weighted by atomic mass is 10.0. The van der Waals surface area contributed by atoms with Crippen LogP contribution in [0.2, 0.25) is 0 Å². The molecule has 96 valence electrons. The van der Waals surface area contributed by atoms with E-state index >= 15 is 0 Å². The Morgan fingerprint density at radius 1 is 1.47 bits per heavy atom. The number of rotatable bonds is 7. The fourth-order valence-corrected chi connectivity index (χ4v) is 1.10. The third kappa shape index (κ3) is 5.27. The first-order valence-electron chi connectivity index (χ1n) is 4.71. The van der Waals surface area contributed by atoms with Crippen LogP contribution in [0.5, 0.6) is 0 Å². The second-order valence-corrected chi connectivity index (χ2v) is 3.32. The van der Waals surface area contributed by atoms with Crippen molar-refractivity contribution >= 4 is 12.2 Å². The number of hydrogen-bond donors (Lipinski definition) is 4. The number of nitrogens with one attached hydrogen (secondary N) is 1. The quantitative estimate of drug-likeness (QED) is 0.178. The van der Waals surface area contributed by atoms with Crippen molar-refractivity contribution in [2.45, 2.75) is 31.3 Å². The molecule has 4 atom stereocenters. The summed E-state index contributed by atoms with van der Waals surface area (Å²) in [5.41, 5.74) is 8.00. The highest BCUT2D eigenvalue weighted by atomic mass is 16.4. The third-order valence-corrected chi connectivity index (χ3v) is 1.96. The van der Waals surface area contributed by atoms with Crippen LogP contribution in [0.3, 0.4) is 0 Å². The van der Waals surface area contributed by atoms with Gasteiger partial charge in [-0.25, -0.2) is 0 Å². The molecule has 0 fully saturated rings. The smallest absolute Gasteiger partial charge is 0.217 e. The van der Waals surface area contributed by atoms with Gasteiger partial charge in [0.2, 0.25) is 5.91 Å². The van der Waals surface area contributed by atoms with Gasteiger partial charge in [-0.1, -0.05) is 5.11 Å². The van der Waals surface area contributed by atoms with E-state index in [1.54, 1.807) is 0 Å². The monoisotopic (exact) mass is 246 g/mol. The van der Waals surface area contributed by atoms with Gasteiger partial charge in [0.1, 0.15) is 24.5 Å². The van der Waals surface area contributed by atoms with Gasteiger partial charge in [0.25, 0.3) is 0 Å². The predicted molar refractivity (Wildman–Crippen MR) is 55.7 cm³/mol. The fourth-order valence-electron chi connectivity index (χ4n) is 1.10. The minimum Gasteiger partial charge on any atom is -0.390 e. The molecule has 17 heavy (non-hydrogen) atoms. The lowest BCUT2D eigenvalue weighted by Crippen LogP contribution is -2.52. The van der Waals surface area contributed by atoms with Crippen molar-refractivity contribution in [1.29, 1.82) is 0 Å². The van der Waals surface area contributed by atoms with Gasteiger partial charge in [-0.15, -0.1) is 0 Å². The maximum Gasteiger partial charge on any atom is 0.217 e. The molecule has 0 bridgehead atoms. The van der Waals surface area contributed by atoms with E-state index in [1.165, 1.54) is 0 Å². The van der Waals surface area contributed by atoms with E-state index in [0.29, 0.717) is 0 Å². The molecule has 0 aromatic rings. The van der Waals surface area contributed by atoms with Crippen molar-refractivity contribution in [3.05, 3.63) is 10.4 Å². The van der Waals surface area contributed by atoms with Crippen molar-refractivity contribution < 1.29 is 24.9 Å². The van der Waals surface area contributed by atoms with Crippen LogP contribution in [-0.2, 0) is 9.59 Å². The molecular weight excluding hydrogens is 232 g/mol. The minimum absolute atomic E-state index is 0.232. The van der Waals surface area contributed by atoms with Gasteiger partial charge in [-0.05, 0) is 5.53 Å². The first-order valence-corrected chi connectivity index (χ1v) is 4.71. The van der Waals surface area contributed by atoms with Crippen LogP contribution in [0, 0.1) is 0 Å². The molecule has 0 aliphatic heterocycles. The van der Waals surface area contributed by atoms with Crippen molar-refractivity contribution in [1.82, 2.24) is 5.32 Å². The molecule has 0 saturated heterocycles. The normalized spacial score (nSPS) is 17.2. The molecule has 9 heteroatoms. The van der Waals surface area contributed by atoms with Crippen molar-refractivity contribution in [3.8, 4) is 0 Å². The summed E-state index contributed by atoms with van der Waals surface area (Å²) < 4.78 is 0. The zero-order valence-electron chi connectivity index (χ0n) is 9.09. The van der Waals surface area contributed by atoms with E-state index in [-0.39, 0.29) is 6.29 Å². The van der Waals surface area contributed by atoms with E-state index in [9.17, 15) is 24.9 Å². The summed E-state index contributed by atoms with van der Waals surface area (Å²) in [7, 11) is 0. The number of amides is 1. The molecule has 1 amide bonds. The summed E-state index contributed by atoms with van der Waals surface area (Å²) in [5.74, 6) is -0.571. The summed E-state index contributed by atoms with van der Waals surface area (Å²) in [6, 6.07) is -1.34. The molecule has 0 aromatic heterocycles. The molecule has 0 spiro atoms. The summed E-state index contributed by atoms with van der Waals surface area (Å²) >= 11 is 0. The molecule has 0 aromatic carbocycles. The van der Waals surface area contributed by atoms with E-state index in [2.05, 4.69) is 15.3 Å². The average Bonchev–Trinajstić information content (AvgIpc) is 2.30. The Balaban J connectivity index is 4.52. The predicted octanol–water partition coefficient (Wildman–Crippen LogP) is -1.92. The van der Waals surface area contributed by atoms with E-state index in [0.717, 1.165) is 6.92 Å². The number of nitrogens with zero attached hydrogens (tertiary/aromatic N) is 3. The van der Waals surface area contributed by atoms with Gasteiger partial charge in [0.15, 0.2) is 0 Å². The van der Waals surface area contributed by atoms with Crippen LogP contribution in [0.15, 0.2) is 5.11 Å². The molecule has 0 unspecified atom stereocenters. The molecule has 0 saturated carbocycles. The summed E-state index contributed by atoms with van der Waals surface area (Å²) in [4.78, 5) is 23.6. The first-order chi connectivity index (χ1) is 7.93. The van der Waals surface area contributed by atoms with Crippen LogP contribution in [-0.4, -0.2) is 58.4 Å². The third-order valence-electron chi connectivity index (χ3n) is 1.96. The first kappa shape index (κ1) is 15.3. The summed E-state index contributed by atoms with van der Waals surface area (Å²) in [6.07, 6.45) is -4.71. The Morgan fingerprint density at radius 2 is 2.06 bits per heavy atom. The topological polar surface area (TPSA) is 156 Å². The van der Waals surface area contributed by atoms with Crippen molar-refractivity contribution in [2.75, 3.05) is 6.54 Å². The van der Waals surface area contributed by atoms with Crippen LogP contribution >= 0.6 is 0 Å². The maximum atomic E-state index is 10.7. The van der Waals surface area contributed by atoms with Crippen LogP contribution < -0.4 is 5.32 Å². The maximum absolute atomic E-state index is 10.7. The van der Waals surface area contributed by atoms with Gasteiger partial charge >= 0.3 is 0 Å². The van der Waals surface area contributed by atoms with Gasteiger partial charge in [-0.3, -0.25) is 4.79 Å². The average molecular weight is 246 g/mol. The molecule has 0 heterocycles. The second-order valence-electron chi connectivity index (χ2n) is 3.32. The standard InChI is InChI=1S/C8H14N4O5/c1-4(14)11-5(3-13)7(16)8(17)6(15)2-10-12-9/h3,5-8,15-17H,2H2,1H3,(H,11,14)/t5-,6+,7+,8-/m0/s1. The number of hydrogen-bond acceptors (Lipinski definition) is 6. The van der Waals surface area contributed by atoms with Crippen LogP contribution in [0.1, 0.15) is 6.92 Å². The Kier molecular flexibility index (Phi) is 6.83. The van der Waals surface area contributed by atoms with Crippen molar-refractivity contribution in [3.63, 3.8) is 0 Å². The Bertz CT molecular complexity index is 317. The highest BCUT2D eigenvalue weighted by Gasteiger charge is 2.31. The Labute approximate surface area is 96.7 Å². The SMILES string of the molecule is CC(=O)N[C@@H](C=O)[C@@H](O)[C@@H](O)[C@H](O)CN=[N+]=[N-]. The molecule has 0 aliphatic rings. The molecule has 9 nitrogen and oxygen atoms in total. The molecule has 4 N–H and O–H groups in total. The number of aldehydes is 1. The van der Waals surface area contributed by atoms with E-state index in [1.807, 2.05) is 0 Å². The Morgan fingerprint density at radius 3 is 2.47 bits per heavy atom. The Hall–Kier alpha value is -1.67. The highest BCUT2D eigenvalue weighted by Crippen LogP contribution is 2.05. The molecule has 0 rings (SSSR count). The molecular formula is C8H14N4O5. The van der Waals surface area contributed by atoms with Crippen molar-refractivity contribution in [2.24, 2.45) is 5.11 Å². The fraction of sp³-hybridized carbons (Fsp3) is 0.750. The van der Waals surface area contributed by atoms with E-state index in [4.69, 9.17) is 5.53 Å². The number of aliphatic hydroxyl groups excluding tert-OH is 3. The number of carbonyl (C=O) groups is 2. The zero-order valence-corrected chi connectivity index (χ0v) is 9.09. The van der Waals surface area contributed by atoms with Gasteiger partial charge in [0, 0.05) is 11.8 Å². The van der Waals surface area contributed by atoms with Crippen LogP contribution in [0.4, 0.5) is 0 Å². The number of azide groups is 1. The molecule has 0 radical (unpaired) electrons. The van der Waals surface area contributed by atoms with Gasteiger partial charge < -0.3 is 25.4 Å². The molecule has 0 aliphatic carbocycles. The minimum atomic E-state index is -1.72. The lowest BCUT2D eigenvalue weighted by molar-refractivity contribution is -0.128. The van der Waals surface area contributed by atoms with Crippen LogP contribution in [0.25, 0.3) is 10.4 Å². The number of carbonyl (C=O) groups excluding carboxylic acids is 2. The van der Waals surface area contributed by atoms with E-state index < -0.39 is 36.8 Å². The van der Waals surface area contributed by atoms with Gasteiger partial charge in [-0.2, -0.15) is 0 Å². The number of aliphatic hydroxyl groups is 3. The second kappa shape index (κ2) is 7.58. The highest BCUT2D eigenvalue weighted by molar-refractivity contribution is 5.77. The largest absolute Gasteiger partial charge is 0.390 e. The summed E-state index contributed by atoms with van der Waals surface area (Å²) in [6.45, 7) is 0.673. The zero-order chi connectivity index (χ0) is 13.4.